The number of aryl methyl sites for hydroxylation is 1. The Morgan fingerprint density at radius 3 is 2.42 bits per heavy atom. The van der Waals surface area contributed by atoms with Crippen molar-refractivity contribution < 1.29 is 14.6 Å². The van der Waals surface area contributed by atoms with Crippen LogP contribution in [0.3, 0.4) is 0 Å². The predicted molar refractivity (Wildman–Crippen MR) is 143 cm³/mol. The Hall–Kier alpha value is -3.41. The summed E-state index contributed by atoms with van der Waals surface area (Å²) in [6.07, 6.45) is 8.12. The van der Waals surface area contributed by atoms with Gasteiger partial charge in [0.15, 0.2) is 0 Å². The molecule has 1 atom stereocenters. The van der Waals surface area contributed by atoms with Gasteiger partial charge in [0.2, 0.25) is 5.95 Å². The highest BCUT2D eigenvalue weighted by Crippen LogP contribution is 2.44. The molecule has 0 radical (unpaired) electrons. The molecule has 0 bridgehead atoms. The molecule has 0 saturated carbocycles. The van der Waals surface area contributed by atoms with Crippen LogP contribution in [-0.2, 0) is 11.2 Å². The van der Waals surface area contributed by atoms with Crippen molar-refractivity contribution in [2.75, 3.05) is 24.6 Å². The van der Waals surface area contributed by atoms with Gasteiger partial charge >= 0.3 is 5.97 Å². The molecule has 2 aromatic carbocycles. The topological polar surface area (TPSA) is 75.6 Å². The number of carboxylic acid groups (broad SMARTS) is 1. The highest BCUT2D eigenvalue weighted by Gasteiger charge is 2.39. The number of aliphatic carboxylic acids is 1. The number of benzene rings is 2. The van der Waals surface area contributed by atoms with E-state index in [4.69, 9.17) is 9.84 Å². The second kappa shape index (κ2) is 11.5. The van der Waals surface area contributed by atoms with Gasteiger partial charge in [-0.25, -0.2) is 9.97 Å². The molecule has 6 heteroatoms. The fraction of sp³-hybridized carbons (Fsp3) is 0.433. The monoisotopic (exact) mass is 487 g/mol. The van der Waals surface area contributed by atoms with Gasteiger partial charge in [0.1, 0.15) is 5.75 Å². The predicted octanol–water partition coefficient (Wildman–Crippen LogP) is 6.18. The van der Waals surface area contributed by atoms with Gasteiger partial charge in [0.05, 0.1) is 13.0 Å². The first-order valence-corrected chi connectivity index (χ1v) is 13.0. The fourth-order valence-electron chi connectivity index (χ4n) is 5.40. The Balaban J connectivity index is 1.38. The summed E-state index contributed by atoms with van der Waals surface area (Å²) in [5.41, 5.74) is 4.17. The normalized spacial score (nSPS) is 15.9. The van der Waals surface area contributed by atoms with Crippen LogP contribution in [0.2, 0.25) is 0 Å². The molecule has 3 aromatic rings. The van der Waals surface area contributed by atoms with E-state index < -0.39 is 5.97 Å². The smallest absolute Gasteiger partial charge is 0.307 e. The number of piperidine rings is 1. The third-order valence-electron chi connectivity index (χ3n) is 7.78. The summed E-state index contributed by atoms with van der Waals surface area (Å²) >= 11 is 0. The molecule has 4 rings (SSSR count). The van der Waals surface area contributed by atoms with Crippen LogP contribution in [0.15, 0.2) is 60.9 Å². The van der Waals surface area contributed by atoms with E-state index in [0.717, 1.165) is 72.7 Å². The number of hydrogen-bond donors (Lipinski definition) is 1. The molecule has 1 aliphatic heterocycles. The first-order chi connectivity index (χ1) is 17.4. The van der Waals surface area contributed by atoms with Gasteiger partial charge < -0.3 is 14.7 Å². The Labute approximate surface area is 214 Å². The van der Waals surface area contributed by atoms with Crippen molar-refractivity contribution in [3.8, 4) is 16.9 Å². The molecule has 190 valence electrons. The molecule has 36 heavy (non-hydrogen) atoms. The van der Waals surface area contributed by atoms with Crippen LogP contribution >= 0.6 is 0 Å². The van der Waals surface area contributed by atoms with E-state index in [1.165, 1.54) is 0 Å². The van der Waals surface area contributed by atoms with Crippen LogP contribution in [0.1, 0.15) is 50.7 Å². The van der Waals surface area contributed by atoms with Gasteiger partial charge in [-0.15, -0.1) is 0 Å². The zero-order chi connectivity index (χ0) is 25.5. The van der Waals surface area contributed by atoms with Crippen molar-refractivity contribution in [1.82, 2.24) is 9.97 Å². The number of aromatic nitrogens is 2. The first-order valence-electron chi connectivity index (χ1n) is 13.0. The third-order valence-corrected chi connectivity index (χ3v) is 7.78. The van der Waals surface area contributed by atoms with E-state index in [1.807, 2.05) is 55.7 Å². The summed E-state index contributed by atoms with van der Waals surface area (Å²) in [6, 6.07) is 16.0. The summed E-state index contributed by atoms with van der Waals surface area (Å²) < 4.78 is 6.17. The van der Waals surface area contributed by atoms with Gasteiger partial charge in [-0.05, 0) is 66.3 Å². The molecule has 1 fully saturated rings. The van der Waals surface area contributed by atoms with Crippen LogP contribution in [0, 0.1) is 18.3 Å². The van der Waals surface area contributed by atoms with Crippen molar-refractivity contribution in [3.63, 3.8) is 0 Å². The van der Waals surface area contributed by atoms with E-state index in [1.54, 1.807) is 0 Å². The quantitative estimate of drug-likeness (QED) is 0.368. The maximum absolute atomic E-state index is 11.1. The lowest BCUT2D eigenvalue weighted by molar-refractivity contribution is -0.136. The van der Waals surface area contributed by atoms with Gasteiger partial charge in [-0.3, -0.25) is 4.79 Å². The number of hydrogen-bond acceptors (Lipinski definition) is 5. The molecule has 0 aliphatic carbocycles. The SMILES string of the molecule is CCC(C)C1(CCOc2cc(C)cc(CC(=O)O)c2)CCN(c2ncc(-c3ccccc3)cn2)CC1. The van der Waals surface area contributed by atoms with Crippen LogP contribution in [0.4, 0.5) is 5.95 Å². The van der Waals surface area contributed by atoms with Crippen LogP contribution in [0.5, 0.6) is 5.75 Å². The molecule has 1 N–H and O–H groups in total. The molecule has 1 aliphatic rings. The van der Waals surface area contributed by atoms with Gasteiger partial charge in [-0.2, -0.15) is 0 Å². The van der Waals surface area contributed by atoms with Gasteiger partial charge in [-0.1, -0.05) is 56.7 Å². The number of rotatable bonds is 10. The van der Waals surface area contributed by atoms with Gasteiger partial charge in [0, 0.05) is 31.0 Å². The lowest BCUT2D eigenvalue weighted by Gasteiger charge is -2.45. The van der Waals surface area contributed by atoms with E-state index in [2.05, 4.69) is 40.8 Å². The van der Waals surface area contributed by atoms with E-state index in [0.29, 0.717) is 12.5 Å². The van der Waals surface area contributed by atoms with Crippen molar-refractivity contribution in [2.45, 2.75) is 52.9 Å². The van der Waals surface area contributed by atoms with E-state index in [9.17, 15) is 4.79 Å². The zero-order valence-electron chi connectivity index (χ0n) is 21.6. The number of carbonyl (C=O) groups is 1. The Kier molecular flexibility index (Phi) is 8.24. The summed E-state index contributed by atoms with van der Waals surface area (Å²) in [5.74, 6) is 1.32. The molecule has 0 spiro atoms. The second-order valence-electron chi connectivity index (χ2n) is 10.1. The Morgan fingerprint density at radius 2 is 1.78 bits per heavy atom. The van der Waals surface area contributed by atoms with Crippen molar-refractivity contribution in [1.29, 1.82) is 0 Å². The molecule has 0 amide bonds. The minimum Gasteiger partial charge on any atom is -0.494 e. The Bertz CT molecular complexity index is 1140. The summed E-state index contributed by atoms with van der Waals surface area (Å²) in [7, 11) is 0. The number of anilines is 1. The average Bonchev–Trinajstić information content (AvgIpc) is 2.88. The van der Waals surface area contributed by atoms with Crippen molar-refractivity contribution in [3.05, 3.63) is 72.1 Å². The lowest BCUT2D eigenvalue weighted by Crippen LogP contribution is -2.44. The van der Waals surface area contributed by atoms with Gasteiger partial charge in [0.25, 0.3) is 0 Å². The molecule has 1 aromatic heterocycles. The molecule has 1 saturated heterocycles. The number of nitrogens with zero attached hydrogens (tertiary/aromatic N) is 3. The third kappa shape index (κ3) is 6.23. The zero-order valence-corrected chi connectivity index (χ0v) is 21.6. The fourth-order valence-corrected chi connectivity index (χ4v) is 5.40. The maximum atomic E-state index is 11.1. The lowest BCUT2D eigenvalue weighted by atomic mass is 9.66. The number of ether oxygens (including phenoxy) is 1. The minimum atomic E-state index is -0.826. The van der Waals surface area contributed by atoms with E-state index >= 15 is 0 Å². The first kappa shape index (κ1) is 25.7. The van der Waals surface area contributed by atoms with Crippen molar-refractivity contribution in [2.24, 2.45) is 11.3 Å². The summed E-state index contributed by atoms with van der Waals surface area (Å²) in [5, 5.41) is 9.13. The molecular weight excluding hydrogens is 450 g/mol. The molecule has 2 heterocycles. The van der Waals surface area contributed by atoms with Crippen LogP contribution in [-0.4, -0.2) is 40.7 Å². The van der Waals surface area contributed by atoms with Crippen molar-refractivity contribution >= 4 is 11.9 Å². The molecule has 1 unspecified atom stereocenters. The standard InChI is InChI=1S/C30H37N3O3/c1-4-23(3)30(12-15-36-27-17-22(2)16-24(18-27)19-28(34)35)10-13-33(14-11-30)29-31-20-26(21-32-29)25-8-6-5-7-9-25/h5-9,16-18,20-21,23H,4,10-15,19H2,1-3H3,(H,34,35). The largest absolute Gasteiger partial charge is 0.494 e. The summed E-state index contributed by atoms with van der Waals surface area (Å²) in [4.78, 5) is 22.8. The number of carboxylic acids is 1. The highest BCUT2D eigenvalue weighted by atomic mass is 16.5. The Morgan fingerprint density at radius 1 is 1.08 bits per heavy atom. The van der Waals surface area contributed by atoms with E-state index in [-0.39, 0.29) is 11.8 Å². The highest BCUT2D eigenvalue weighted by molar-refractivity contribution is 5.70. The second-order valence-corrected chi connectivity index (χ2v) is 10.1. The van der Waals surface area contributed by atoms with Crippen LogP contribution < -0.4 is 9.64 Å². The maximum Gasteiger partial charge on any atom is 0.307 e. The van der Waals surface area contributed by atoms with Crippen LogP contribution in [0.25, 0.3) is 11.1 Å². The molecule has 6 nitrogen and oxygen atoms in total. The summed E-state index contributed by atoms with van der Waals surface area (Å²) in [6.45, 7) is 9.10. The minimum absolute atomic E-state index is 0.0130. The molecular formula is C30H37N3O3. The average molecular weight is 488 g/mol.